The molecule has 0 atom stereocenters. The fraction of sp³-hybridized carbons (Fsp3) is 0. The Labute approximate surface area is 62.7 Å². The van der Waals surface area contributed by atoms with Crippen LogP contribution in [0.4, 0.5) is 0 Å². The minimum atomic E-state index is -0.159. The molecule has 0 bridgehead atoms. The predicted octanol–water partition coefficient (Wildman–Crippen LogP) is 1.06. The highest BCUT2D eigenvalue weighted by Crippen LogP contribution is 2.04. The number of guanidine groups is 1. The number of hydrogen-bond donors (Lipinski definition) is 2. The van der Waals surface area contributed by atoms with Gasteiger partial charge < -0.3 is 5.73 Å². The summed E-state index contributed by atoms with van der Waals surface area (Å²) in [4.78, 5) is 4.62. The lowest BCUT2D eigenvalue weighted by atomic mass is 10.5. The van der Waals surface area contributed by atoms with E-state index in [-0.39, 0.29) is 5.96 Å². The van der Waals surface area contributed by atoms with Crippen LogP contribution in [0.25, 0.3) is 0 Å². The first-order valence-corrected chi connectivity index (χ1v) is 3.58. The third-order valence-corrected chi connectivity index (χ3v) is 1.68. The summed E-state index contributed by atoms with van der Waals surface area (Å²) >= 11 is 1.56. The molecule has 1 heterocycles. The van der Waals surface area contributed by atoms with Gasteiger partial charge in [0.15, 0.2) is 0 Å². The van der Waals surface area contributed by atoms with Crippen LogP contribution >= 0.6 is 11.3 Å². The molecule has 0 aliphatic rings. The molecule has 0 spiro atoms. The molecule has 3 N–H and O–H groups in total. The summed E-state index contributed by atoms with van der Waals surface area (Å²) in [6.07, 6.45) is 1.58. The molecule has 0 radical (unpaired) electrons. The summed E-state index contributed by atoms with van der Waals surface area (Å²) in [5, 5.41) is 8.73. The Morgan fingerprint density at radius 3 is 3.10 bits per heavy atom. The normalized spacial score (nSPS) is 10.4. The second-order valence-electron chi connectivity index (χ2n) is 1.66. The van der Waals surface area contributed by atoms with Gasteiger partial charge in [-0.2, -0.15) is 0 Å². The molecule has 1 aromatic heterocycles. The standard InChI is InChI=1S/C6H7N3S/c7-6(8)9-4-5-2-1-3-10-5/h1-4H,(H3,7,8)/b9-4+. The van der Waals surface area contributed by atoms with Crippen molar-refractivity contribution in [3.8, 4) is 0 Å². The van der Waals surface area contributed by atoms with Crippen LogP contribution in [0.5, 0.6) is 0 Å². The van der Waals surface area contributed by atoms with Gasteiger partial charge in [0, 0.05) is 11.1 Å². The zero-order valence-electron chi connectivity index (χ0n) is 5.24. The second-order valence-corrected chi connectivity index (χ2v) is 2.64. The fourth-order valence-electron chi connectivity index (χ4n) is 0.498. The van der Waals surface area contributed by atoms with Crippen molar-refractivity contribution >= 4 is 23.5 Å². The van der Waals surface area contributed by atoms with Gasteiger partial charge >= 0.3 is 0 Å². The number of nitrogens with two attached hydrogens (primary N) is 1. The quantitative estimate of drug-likeness (QED) is 0.460. The topological polar surface area (TPSA) is 62.2 Å². The Hall–Kier alpha value is -1.16. The van der Waals surface area contributed by atoms with Gasteiger partial charge in [-0.3, -0.25) is 5.41 Å². The van der Waals surface area contributed by atoms with E-state index in [0.717, 1.165) is 4.88 Å². The molecule has 3 nitrogen and oxygen atoms in total. The molecule has 10 heavy (non-hydrogen) atoms. The molecule has 0 aliphatic carbocycles. The van der Waals surface area contributed by atoms with Crippen molar-refractivity contribution in [1.29, 1.82) is 5.41 Å². The molecule has 0 aliphatic heterocycles. The van der Waals surface area contributed by atoms with Crippen molar-refractivity contribution in [2.24, 2.45) is 10.7 Å². The zero-order valence-corrected chi connectivity index (χ0v) is 6.06. The first kappa shape index (κ1) is 6.95. The van der Waals surface area contributed by atoms with Crippen molar-refractivity contribution in [1.82, 2.24) is 0 Å². The average molecular weight is 153 g/mol. The first-order chi connectivity index (χ1) is 4.79. The van der Waals surface area contributed by atoms with E-state index >= 15 is 0 Å². The lowest BCUT2D eigenvalue weighted by Crippen LogP contribution is -2.05. The van der Waals surface area contributed by atoms with E-state index in [0.29, 0.717) is 0 Å². The molecule has 1 aromatic rings. The molecule has 0 unspecified atom stereocenters. The minimum absolute atomic E-state index is 0.159. The van der Waals surface area contributed by atoms with E-state index in [1.165, 1.54) is 0 Å². The van der Waals surface area contributed by atoms with Crippen molar-refractivity contribution in [3.63, 3.8) is 0 Å². The summed E-state index contributed by atoms with van der Waals surface area (Å²) in [7, 11) is 0. The average Bonchev–Trinajstić information content (AvgIpc) is 2.34. The van der Waals surface area contributed by atoms with Crippen LogP contribution < -0.4 is 5.73 Å². The molecular formula is C6H7N3S. The maximum Gasteiger partial charge on any atom is 0.212 e. The molecular weight excluding hydrogens is 146 g/mol. The van der Waals surface area contributed by atoms with Crippen molar-refractivity contribution in [2.75, 3.05) is 0 Å². The molecule has 52 valence electrons. The molecule has 0 saturated heterocycles. The van der Waals surface area contributed by atoms with Gasteiger partial charge in [-0.05, 0) is 11.4 Å². The summed E-state index contributed by atoms with van der Waals surface area (Å²) in [5.74, 6) is -0.159. The highest BCUT2D eigenvalue weighted by atomic mass is 32.1. The maximum atomic E-state index is 6.78. The largest absolute Gasteiger partial charge is 0.368 e. The van der Waals surface area contributed by atoms with E-state index in [1.54, 1.807) is 17.6 Å². The molecule has 0 fully saturated rings. The number of thiophene rings is 1. The molecule has 0 aromatic carbocycles. The van der Waals surface area contributed by atoms with Gasteiger partial charge in [-0.15, -0.1) is 11.3 Å². The van der Waals surface area contributed by atoms with Gasteiger partial charge in [0.05, 0.1) is 0 Å². The Bertz CT molecular complexity index is 238. The van der Waals surface area contributed by atoms with Crippen molar-refractivity contribution in [2.45, 2.75) is 0 Å². The van der Waals surface area contributed by atoms with Crippen LogP contribution in [-0.2, 0) is 0 Å². The Morgan fingerprint density at radius 2 is 2.60 bits per heavy atom. The summed E-state index contributed by atoms with van der Waals surface area (Å²) < 4.78 is 0. The van der Waals surface area contributed by atoms with Gasteiger partial charge in [-0.1, -0.05) is 6.07 Å². The number of nitrogens with one attached hydrogen (secondary N) is 1. The summed E-state index contributed by atoms with van der Waals surface area (Å²) in [5.41, 5.74) is 5.00. The fourth-order valence-corrected chi connectivity index (χ4v) is 1.08. The molecule has 0 amide bonds. The van der Waals surface area contributed by atoms with Gasteiger partial charge in [0.2, 0.25) is 5.96 Å². The van der Waals surface area contributed by atoms with Crippen LogP contribution in [0.15, 0.2) is 22.5 Å². The molecule has 1 rings (SSSR count). The first-order valence-electron chi connectivity index (χ1n) is 2.70. The van der Waals surface area contributed by atoms with Gasteiger partial charge in [-0.25, -0.2) is 4.99 Å². The van der Waals surface area contributed by atoms with Crippen LogP contribution in [-0.4, -0.2) is 12.2 Å². The van der Waals surface area contributed by atoms with Crippen LogP contribution in [0, 0.1) is 5.41 Å². The van der Waals surface area contributed by atoms with E-state index in [4.69, 9.17) is 11.1 Å². The van der Waals surface area contributed by atoms with Gasteiger partial charge in [0.1, 0.15) is 0 Å². The lowest BCUT2D eigenvalue weighted by Gasteiger charge is -1.82. The molecule has 0 saturated carbocycles. The van der Waals surface area contributed by atoms with Crippen molar-refractivity contribution < 1.29 is 0 Å². The van der Waals surface area contributed by atoms with Gasteiger partial charge in [0.25, 0.3) is 0 Å². The van der Waals surface area contributed by atoms with E-state index in [9.17, 15) is 0 Å². The van der Waals surface area contributed by atoms with E-state index in [2.05, 4.69) is 4.99 Å². The van der Waals surface area contributed by atoms with Crippen LogP contribution in [0.2, 0.25) is 0 Å². The third-order valence-electron chi connectivity index (χ3n) is 0.874. The van der Waals surface area contributed by atoms with Crippen molar-refractivity contribution in [3.05, 3.63) is 22.4 Å². The Balaban J connectivity index is 2.64. The summed E-state index contributed by atoms with van der Waals surface area (Å²) in [6, 6.07) is 3.84. The van der Waals surface area contributed by atoms with Crippen LogP contribution in [0.3, 0.4) is 0 Å². The smallest absolute Gasteiger partial charge is 0.212 e. The summed E-state index contributed by atoms with van der Waals surface area (Å²) in [6.45, 7) is 0. The minimum Gasteiger partial charge on any atom is -0.368 e. The maximum absolute atomic E-state index is 6.78. The number of aliphatic imine (C=N–C) groups is 1. The number of rotatable bonds is 1. The highest BCUT2D eigenvalue weighted by Gasteiger charge is 1.85. The monoisotopic (exact) mass is 153 g/mol. The third kappa shape index (κ3) is 1.99. The zero-order chi connectivity index (χ0) is 7.40. The lowest BCUT2D eigenvalue weighted by molar-refractivity contribution is 1.39. The number of nitrogens with zero attached hydrogens (tertiary/aromatic N) is 1. The second kappa shape index (κ2) is 3.12. The Morgan fingerprint density at radius 1 is 1.80 bits per heavy atom. The predicted molar refractivity (Wildman–Crippen MR) is 43.8 cm³/mol. The molecule has 4 heteroatoms. The Kier molecular flexibility index (Phi) is 2.17. The van der Waals surface area contributed by atoms with E-state index < -0.39 is 0 Å². The van der Waals surface area contributed by atoms with Crippen LogP contribution in [0.1, 0.15) is 4.88 Å². The van der Waals surface area contributed by atoms with E-state index in [1.807, 2.05) is 17.5 Å². The highest BCUT2D eigenvalue weighted by molar-refractivity contribution is 7.11. The SMILES string of the molecule is N=C(N)/N=C/c1cccs1. The number of hydrogen-bond acceptors (Lipinski definition) is 2.